The minimum absolute atomic E-state index is 1.13. The van der Waals surface area contributed by atoms with Crippen LogP contribution in [0.15, 0.2) is 11.5 Å². The first kappa shape index (κ1) is 8.93. The molecule has 0 aromatic rings. The molecule has 0 spiro atoms. The molecule has 0 bridgehead atoms. The van der Waals surface area contributed by atoms with Crippen molar-refractivity contribution < 1.29 is 0 Å². The highest BCUT2D eigenvalue weighted by atomic mass is 33.9. The van der Waals surface area contributed by atoms with E-state index in [2.05, 4.69) is 11.5 Å². The van der Waals surface area contributed by atoms with Gasteiger partial charge in [0.2, 0.25) is 0 Å². The Balaban J connectivity index is 2.15. The molecule has 1 aliphatic rings. The zero-order chi connectivity index (χ0) is 6.36. The Morgan fingerprint density at radius 1 is 1.00 bits per heavy atom. The molecule has 1 heterocycles. The van der Waals surface area contributed by atoms with E-state index in [1.54, 1.807) is 10.8 Å². The van der Waals surface area contributed by atoms with Crippen LogP contribution in [0, 0.1) is 0 Å². The van der Waals surface area contributed by atoms with Crippen molar-refractivity contribution in [2.24, 2.45) is 0 Å². The van der Waals surface area contributed by atoms with Crippen molar-refractivity contribution in [1.29, 1.82) is 0 Å². The minimum atomic E-state index is 1.13. The summed E-state index contributed by atoms with van der Waals surface area (Å²) in [6.45, 7) is 0. The topological polar surface area (TPSA) is 0 Å². The van der Waals surface area contributed by atoms with Crippen molar-refractivity contribution in [1.82, 2.24) is 0 Å². The summed E-state index contributed by atoms with van der Waals surface area (Å²) in [5, 5.41) is 2.15. The summed E-state index contributed by atoms with van der Waals surface area (Å²) < 4.78 is 0. The molecule has 52 valence electrons. The Bertz CT molecular complexity index is 80.3. The van der Waals surface area contributed by atoms with E-state index in [0.717, 1.165) is 5.75 Å². The maximum atomic E-state index is 2.20. The molecule has 0 N–H and O–H groups in total. The maximum Gasteiger partial charge on any atom is 0.0234 e. The van der Waals surface area contributed by atoms with Crippen molar-refractivity contribution in [2.45, 2.75) is 0 Å². The largest absolute Gasteiger partial charge is 0.0775 e. The molecule has 6 heteroatoms. The van der Waals surface area contributed by atoms with Gasteiger partial charge in [0.05, 0.1) is 0 Å². The average molecular weight is 232 g/mol. The van der Waals surface area contributed by atoms with Crippen molar-refractivity contribution in [3.8, 4) is 0 Å². The second-order valence-electron chi connectivity index (χ2n) is 1.02. The second-order valence-corrected chi connectivity index (χ2v) is 10.4. The van der Waals surface area contributed by atoms with Gasteiger partial charge in [-0.05, 0) is 44.7 Å². The summed E-state index contributed by atoms with van der Waals surface area (Å²) in [6, 6.07) is 0. The van der Waals surface area contributed by atoms with Crippen molar-refractivity contribution in [3.05, 3.63) is 11.5 Å². The Labute approximate surface area is 77.5 Å². The van der Waals surface area contributed by atoms with Gasteiger partial charge in [0, 0.05) is 5.75 Å². The molecule has 0 saturated heterocycles. The third-order valence-corrected chi connectivity index (χ3v) is 10.8. The van der Waals surface area contributed by atoms with Gasteiger partial charge in [0.25, 0.3) is 0 Å². The summed E-state index contributed by atoms with van der Waals surface area (Å²) in [7, 11) is 11.0. The minimum Gasteiger partial charge on any atom is -0.0775 e. The zero-order valence-electron chi connectivity index (χ0n) is 4.31. The fourth-order valence-corrected chi connectivity index (χ4v) is 10.8. The fraction of sp³-hybridized carbons (Fsp3) is 0.333. The standard InChI is InChI=1S/C3H4S6/c1-2-4-6-8-9-7-5-3-1/h1-2H,3H2/b2-1-. The van der Waals surface area contributed by atoms with Crippen LogP contribution in [-0.2, 0) is 0 Å². The summed E-state index contributed by atoms with van der Waals surface area (Å²) in [4.78, 5) is 0. The van der Waals surface area contributed by atoms with Crippen LogP contribution >= 0.6 is 60.9 Å². The Morgan fingerprint density at radius 2 is 1.89 bits per heavy atom. The van der Waals surface area contributed by atoms with E-state index in [1.807, 2.05) is 50.1 Å². The molecule has 0 amide bonds. The molecular formula is C3H4S6. The van der Waals surface area contributed by atoms with E-state index in [0.29, 0.717) is 0 Å². The molecule has 0 atom stereocenters. The molecule has 0 aromatic heterocycles. The molecule has 0 nitrogen and oxygen atoms in total. The summed E-state index contributed by atoms with van der Waals surface area (Å²) in [5.74, 6) is 1.13. The zero-order valence-corrected chi connectivity index (χ0v) is 9.21. The van der Waals surface area contributed by atoms with E-state index in [1.165, 1.54) is 0 Å². The lowest BCUT2D eigenvalue weighted by molar-refractivity contribution is 1.83. The van der Waals surface area contributed by atoms with Crippen LogP contribution in [0.2, 0.25) is 0 Å². The average Bonchev–Trinajstić information content (AvgIpc) is 2.00. The third kappa shape index (κ3) is 5.15. The molecule has 1 rings (SSSR count). The number of hydrogen-bond donors (Lipinski definition) is 0. The first-order valence-electron chi connectivity index (χ1n) is 2.10. The van der Waals surface area contributed by atoms with Crippen molar-refractivity contribution in [2.75, 3.05) is 5.75 Å². The van der Waals surface area contributed by atoms with E-state index in [4.69, 9.17) is 0 Å². The first-order valence-corrected chi connectivity index (χ1v) is 9.81. The summed E-state index contributed by atoms with van der Waals surface area (Å²) in [6.07, 6.45) is 2.20. The lowest BCUT2D eigenvalue weighted by atomic mass is 10.8. The molecule has 0 saturated carbocycles. The van der Waals surface area contributed by atoms with Gasteiger partial charge in [-0.25, -0.2) is 0 Å². The highest BCUT2D eigenvalue weighted by Gasteiger charge is 1.94. The second kappa shape index (κ2) is 6.54. The fourth-order valence-electron chi connectivity index (χ4n) is 0.227. The molecule has 0 fully saturated rings. The smallest absolute Gasteiger partial charge is 0.0234 e. The Hall–Kier alpha value is 1.84. The molecule has 1 aliphatic heterocycles. The number of hydrogen-bond acceptors (Lipinski definition) is 6. The maximum absolute atomic E-state index is 2.20. The quantitative estimate of drug-likeness (QED) is 0.560. The first-order chi connectivity index (χ1) is 4.50. The van der Waals surface area contributed by atoms with Crippen LogP contribution in [0.4, 0.5) is 0 Å². The van der Waals surface area contributed by atoms with E-state index in [-0.39, 0.29) is 0 Å². The summed E-state index contributed by atoms with van der Waals surface area (Å²) in [5.41, 5.74) is 0. The van der Waals surface area contributed by atoms with Gasteiger partial charge in [0.1, 0.15) is 0 Å². The highest BCUT2D eigenvalue weighted by molar-refractivity contribution is 9.42. The molecular weight excluding hydrogens is 228 g/mol. The van der Waals surface area contributed by atoms with Crippen LogP contribution in [0.1, 0.15) is 0 Å². The van der Waals surface area contributed by atoms with E-state index in [9.17, 15) is 0 Å². The number of rotatable bonds is 0. The molecule has 0 unspecified atom stereocenters. The van der Waals surface area contributed by atoms with Gasteiger partial charge in [-0.15, -0.1) is 0 Å². The van der Waals surface area contributed by atoms with Gasteiger partial charge in [-0.1, -0.05) is 27.7 Å². The van der Waals surface area contributed by atoms with Gasteiger partial charge in [0.15, 0.2) is 0 Å². The monoisotopic (exact) mass is 232 g/mol. The van der Waals surface area contributed by atoms with Gasteiger partial charge in [-0.2, -0.15) is 0 Å². The third-order valence-electron chi connectivity index (χ3n) is 0.487. The van der Waals surface area contributed by atoms with Gasteiger partial charge in [-0.3, -0.25) is 0 Å². The van der Waals surface area contributed by atoms with E-state index < -0.39 is 0 Å². The predicted molar refractivity (Wildman–Crippen MR) is 59.6 cm³/mol. The molecule has 0 aliphatic carbocycles. The Kier molecular flexibility index (Phi) is 6.49. The Morgan fingerprint density at radius 3 is 2.89 bits per heavy atom. The lowest BCUT2D eigenvalue weighted by Gasteiger charge is -1.90. The van der Waals surface area contributed by atoms with Gasteiger partial charge >= 0.3 is 0 Å². The van der Waals surface area contributed by atoms with Crippen LogP contribution in [-0.4, -0.2) is 5.75 Å². The highest BCUT2D eigenvalue weighted by Crippen LogP contribution is 2.53. The van der Waals surface area contributed by atoms with Crippen molar-refractivity contribution in [3.63, 3.8) is 0 Å². The van der Waals surface area contributed by atoms with Crippen LogP contribution in [0.25, 0.3) is 0 Å². The van der Waals surface area contributed by atoms with Crippen LogP contribution in [0.5, 0.6) is 0 Å². The predicted octanol–water partition coefficient (Wildman–Crippen LogP) is 4.49. The SMILES string of the molecule is C1=C\SSSSSSC/1. The van der Waals surface area contributed by atoms with Crippen molar-refractivity contribution >= 4 is 60.9 Å². The van der Waals surface area contributed by atoms with Crippen LogP contribution in [0.3, 0.4) is 0 Å². The molecule has 0 radical (unpaired) electrons. The summed E-state index contributed by atoms with van der Waals surface area (Å²) >= 11 is 0. The molecule has 0 aromatic carbocycles. The normalized spacial score (nSPS) is 25.8. The van der Waals surface area contributed by atoms with Gasteiger partial charge < -0.3 is 0 Å². The lowest BCUT2D eigenvalue weighted by Crippen LogP contribution is -1.57. The van der Waals surface area contributed by atoms with E-state index >= 15 is 0 Å². The molecule has 9 heavy (non-hydrogen) atoms. The van der Waals surface area contributed by atoms with Crippen LogP contribution < -0.4 is 0 Å².